The SMILES string of the molecule is COc1cc(C=C(CN)B2OC(C)(C)C(C)(C)O2)cc(F)c1F. The lowest BCUT2D eigenvalue weighted by molar-refractivity contribution is 0.00578. The van der Waals surface area contributed by atoms with Crippen LogP contribution in [0, 0.1) is 11.6 Å². The summed E-state index contributed by atoms with van der Waals surface area (Å²) in [4.78, 5) is 0. The van der Waals surface area contributed by atoms with Crippen LogP contribution < -0.4 is 10.5 Å². The highest BCUT2D eigenvalue weighted by Gasteiger charge is 2.52. The van der Waals surface area contributed by atoms with Crippen LogP contribution in [0.4, 0.5) is 8.78 Å². The molecule has 23 heavy (non-hydrogen) atoms. The first-order chi connectivity index (χ1) is 10.6. The van der Waals surface area contributed by atoms with Crippen LogP contribution in [0.5, 0.6) is 5.75 Å². The molecule has 0 saturated carbocycles. The van der Waals surface area contributed by atoms with Crippen LogP contribution in [0.15, 0.2) is 17.6 Å². The topological polar surface area (TPSA) is 53.7 Å². The molecule has 0 aromatic heterocycles. The third-order valence-corrected chi connectivity index (χ3v) is 4.38. The van der Waals surface area contributed by atoms with E-state index in [9.17, 15) is 8.78 Å². The van der Waals surface area contributed by atoms with Crippen molar-refractivity contribution >= 4 is 13.2 Å². The van der Waals surface area contributed by atoms with Crippen LogP contribution in [-0.4, -0.2) is 32.0 Å². The summed E-state index contributed by atoms with van der Waals surface area (Å²) in [5.41, 5.74) is 5.85. The van der Waals surface area contributed by atoms with E-state index in [0.29, 0.717) is 11.0 Å². The second kappa shape index (κ2) is 6.22. The Kier molecular flexibility index (Phi) is 4.85. The highest BCUT2D eigenvalue weighted by Crippen LogP contribution is 2.38. The van der Waals surface area contributed by atoms with Crippen molar-refractivity contribution in [2.24, 2.45) is 5.73 Å². The van der Waals surface area contributed by atoms with Gasteiger partial charge in [0.25, 0.3) is 0 Å². The standard InChI is InChI=1S/C16H22BF2NO3/c1-15(2)16(3,4)23-17(22-15)11(9-20)6-10-7-12(18)14(19)13(8-10)21-5/h6-8H,9,20H2,1-5H3. The van der Waals surface area contributed by atoms with Crippen molar-refractivity contribution in [3.8, 4) is 5.75 Å². The van der Waals surface area contributed by atoms with Gasteiger partial charge in [-0.25, -0.2) is 4.39 Å². The summed E-state index contributed by atoms with van der Waals surface area (Å²) in [7, 11) is 0.646. The van der Waals surface area contributed by atoms with E-state index in [1.54, 1.807) is 6.08 Å². The van der Waals surface area contributed by atoms with Crippen molar-refractivity contribution in [1.82, 2.24) is 0 Å². The summed E-state index contributed by atoms with van der Waals surface area (Å²) in [6, 6.07) is 2.48. The van der Waals surface area contributed by atoms with Gasteiger partial charge >= 0.3 is 7.12 Å². The minimum Gasteiger partial charge on any atom is -0.494 e. The molecule has 4 nitrogen and oxygen atoms in total. The van der Waals surface area contributed by atoms with Gasteiger partial charge in [0.15, 0.2) is 11.6 Å². The summed E-state index contributed by atoms with van der Waals surface area (Å²) in [5, 5.41) is 0. The van der Waals surface area contributed by atoms with Gasteiger partial charge in [-0.05, 0) is 50.9 Å². The fraction of sp³-hybridized carbons (Fsp3) is 0.500. The Hall–Kier alpha value is -1.44. The number of rotatable bonds is 4. The summed E-state index contributed by atoms with van der Waals surface area (Å²) < 4.78 is 43.8. The molecule has 1 aliphatic heterocycles. The predicted molar refractivity (Wildman–Crippen MR) is 86.0 cm³/mol. The van der Waals surface area contributed by atoms with Crippen LogP contribution in [0.2, 0.25) is 0 Å². The van der Waals surface area contributed by atoms with Crippen LogP contribution in [0.25, 0.3) is 6.08 Å². The third kappa shape index (κ3) is 3.41. The Bertz CT molecular complexity index is 616. The number of benzene rings is 1. The summed E-state index contributed by atoms with van der Waals surface area (Å²) in [6.07, 6.45) is 1.63. The fourth-order valence-electron chi connectivity index (χ4n) is 2.25. The predicted octanol–water partition coefficient (Wildman–Crippen LogP) is 2.95. The first kappa shape index (κ1) is 17.9. The van der Waals surface area contributed by atoms with Gasteiger partial charge in [-0.15, -0.1) is 0 Å². The summed E-state index contributed by atoms with van der Waals surface area (Å²) in [5.74, 6) is -2.17. The van der Waals surface area contributed by atoms with Gasteiger partial charge < -0.3 is 19.8 Å². The molecule has 1 fully saturated rings. The molecule has 1 heterocycles. The average Bonchev–Trinajstić information content (AvgIpc) is 2.68. The maximum atomic E-state index is 13.6. The van der Waals surface area contributed by atoms with Gasteiger partial charge in [0.05, 0.1) is 18.3 Å². The van der Waals surface area contributed by atoms with E-state index in [-0.39, 0.29) is 12.3 Å². The van der Waals surface area contributed by atoms with E-state index < -0.39 is 30.0 Å². The maximum absolute atomic E-state index is 13.6. The lowest BCUT2D eigenvalue weighted by atomic mass is 9.77. The molecule has 2 rings (SSSR count). The van der Waals surface area contributed by atoms with Crippen molar-refractivity contribution in [2.45, 2.75) is 38.9 Å². The van der Waals surface area contributed by atoms with E-state index in [4.69, 9.17) is 19.8 Å². The van der Waals surface area contributed by atoms with Crippen LogP contribution >= 0.6 is 0 Å². The second-order valence-corrected chi connectivity index (χ2v) is 6.53. The Labute approximate surface area is 135 Å². The lowest BCUT2D eigenvalue weighted by Crippen LogP contribution is -2.41. The molecule has 1 aromatic rings. The zero-order chi connectivity index (χ0) is 17.4. The molecule has 1 aliphatic rings. The Balaban J connectivity index is 2.36. The molecular weight excluding hydrogens is 303 g/mol. The molecule has 0 radical (unpaired) electrons. The van der Waals surface area contributed by atoms with E-state index in [2.05, 4.69) is 0 Å². The van der Waals surface area contributed by atoms with E-state index >= 15 is 0 Å². The fourth-order valence-corrected chi connectivity index (χ4v) is 2.25. The molecule has 0 amide bonds. The smallest absolute Gasteiger partial charge is 0.491 e. The van der Waals surface area contributed by atoms with Gasteiger partial charge in [0.2, 0.25) is 5.82 Å². The molecule has 0 unspecified atom stereocenters. The maximum Gasteiger partial charge on any atom is 0.491 e. The minimum absolute atomic E-state index is 0.165. The third-order valence-electron chi connectivity index (χ3n) is 4.38. The van der Waals surface area contributed by atoms with Crippen molar-refractivity contribution in [1.29, 1.82) is 0 Å². The number of hydrogen-bond acceptors (Lipinski definition) is 4. The summed E-state index contributed by atoms with van der Waals surface area (Å²) >= 11 is 0. The zero-order valence-corrected chi connectivity index (χ0v) is 14.1. The number of hydrogen-bond donors (Lipinski definition) is 1. The highest BCUT2D eigenvalue weighted by molar-refractivity contribution is 6.55. The molecule has 1 saturated heterocycles. The van der Waals surface area contributed by atoms with Crippen molar-refractivity contribution in [2.75, 3.05) is 13.7 Å². The normalized spacial score (nSPS) is 20.0. The van der Waals surface area contributed by atoms with E-state index in [0.717, 1.165) is 6.07 Å². The van der Waals surface area contributed by atoms with E-state index in [1.807, 2.05) is 27.7 Å². The minimum atomic E-state index is -1.02. The molecule has 0 atom stereocenters. The number of methoxy groups -OCH3 is 1. The number of halogens is 2. The van der Waals surface area contributed by atoms with Crippen molar-refractivity contribution in [3.63, 3.8) is 0 Å². The Morgan fingerprint density at radius 3 is 2.26 bits per heavy atom. The van der Waals surface area contributed by atoms with Gasteiger partial charge in [-0.3, -0.25) is 0 Å². The largest absolute Gasteiger partial charge is 0.494 e. The van der Waals surface area contributed by atoms with Crippen LogP contribution in [0.1, 0.15) is 33.3 Å². The molecule has 0 bridgehead atoms. The molecule has 0 spiro atoms. The van der Waals surface area contributed by atoms with Crippen LogP contribution in [-0.2, 0) is 9.31 Å². The van der Waals surface area contributed by atoms with Crippen molar-refractivity contribution < 1.29 is 22.8 Å². The molecule has 1 aromatic carbocycles. The lowest BCUT2D eigenvalue weighted by Gasteiger charge is -2.32. The first-order valence-electron chi connectivity index (χ1n) is 7.40. The summed E-state index contributed by atoms with van der Waals surface area (Å²) in [6.45, 7) is 7.89. The molecule has 2 N–H and O–H groups in total. The molecule has 0 aliphatic carbocycles. The molecular formula is C16H22BF2NO3. The average molecular weight is 325 g/mol. The Morgan fingerprint density at radius 1 is 1.22 bits per heavy atom. The van der Waals surface area contributed by atoms with E-state index in [1.165, 1.54) is 13.2 Å². The molecule has 126 valence electrons. The van der Waals surface area contributed by atoms with Crippen LogP contribution in [0.3, 0.4) is 0 Å². The quantitative estimate of drug-likeness (QED) is 0.865. The number of ether oxygens (including phenoxy) is 1. The van der Waals surface area contributed by atoms with Crippen molar-refractivity contribution in [3.05, 3.63) is 34.8 Å². The highest BCUT2D eigenvalue weighted by atomic mass is 19.2. The van der Waals surface area contributed by atoms with Gasteiger partial charge in [-0.1, -0.05) is 6.08 Å². The number of nitrogens with two attached hydrogens (primary N) is 1. The first-order valence-corrected chi connectivity index (χ1v) is 7.40. The van der Waals surface area contributed by atoms with Gasteiger partial charge in [-0.2, -0.15) is 4.39 Å². The zero-order valence-electron chi connectivity index (χ0n) is 14.1. The molecule has 7 heteroatoms. The van der Waals surface area contributed by atoms with Gasteiger partial charge in [0.1, 0.15) is 0 Å². The monoisotopic (exact) mass is 325 g/mol. The second-order valence-electron chi connectivity index (χ2n) is 6.53. The van der Waals surface area contributed by atoms with Gasteiger partial charge in [0, 0.05) is 6.54 Å². The Morgan fingerprint density at radius 2 is 1.78 bits per heavy atom.